The molecule has 12 heteroatoms. The highest BCUT2D eigenvalue weighted by atomic mass is 32.2. The number of nitro benzene ring substituents is 1. The number of anilines is 2. The van der Waals surface area contributed by atoms with Gasteiger partial charge in [-0.15, -0.1) is 11.8 Å². The zero-order valence-corrected chi connectivity index (χ0v) is 27.8. The minimum absolute atomic E-state index is 0.0481. The average Bonchev–Trinajstić information content (AvgIpc) is 3.14. The molecule has 0 aliphatic rings. The van der Waals surface area contributed by atoms with Gasteiger partial charge in [-0.2, -0.15) is 0 Å². The number of carbonyl (C=O) groups excluding carboxylic acids is 3. The highest BCUT2D eigenvalue weighted by Crippen LogP contribution is 2.37. The van der Waals surface area contributed by atoms with E-state index in [4.69, 9.17) is 9.47 Å². The van der Waals surface area contributed by atoms with Crippen LogP contribution in [0.3, 0.4) is 0 Å². The average molecular weight is 689 g/mol. The van der Waals surface area contributed by atoms with E-state index in [0.717, 1.165) is 5.56 Å². The number of nitro groups is 1. The Hall–Kier alpha value is -6.40. The number of thioether (sulfide) groups is 1. The number of rotatable bonds is 13. The van der Waals surface area contributed by atoms with Crippen LogP contribution >= 0.6 is 11.8 Å². The fourth-order valence-electron chi connectivity index (χ4n) is 4.81. The van der Waals surface area contributed by atoms with E-state index in [1.165, 1.54) is 56.3 Å². The fourth-order valence-corrected chi connectivity index (χ4v) is 5.89. The largest absolute Gasteiger partial charge is 0.497 e. The number of carbonyl (C=O) groups is 3. The summed E-state index contributed by atoms with van der Waals surface area (Å²) in [5.41, 5.74) is 2.28. The smallest absolute Gasteiger partial charge is 0.272 e. The van der Waals surface area contributed by atoms with Crippen LogP contribution in [-0.2, 0) is 9.59 Å². The molecular formula is C38H32N4O7S. The van der Waals surface area contributed by atoms with Crippen LogP contribution in [0.4, 0.5) is 17.1 Å². The van der Waals surface area contributed by atoms with Gasteiger partial charge in [-0.05, 0) is 72.3 Å². The molecule has 1 unspecified atom stereocenters. The second-order valence-corrected chi connectivity index (χ2v) is 11.8. The number of hydrogen-bond donors (Lipinski definition) is 3. The molecule has 0 bridgehead atoms. The summed E-state index contributed by atoms with van der Waals surface area (Å²) in [4.78, 5) is 51.8. The molecule has 0 aliphatic heterocycles. The summed E-state index contributed by atoms with van der Waals surface area (Å²) in [6.45, 7) is 0. The fraction of sp³-hybridized carbons (Fsp3) is 0.0789. The maximum absolute atomic E-state index is 13.8. The lowest BCUT2D eigenvalue weighted by atomic mass is 10.1. The van der Waals surface area contributed by atoms with E-state index in [1.807, 2.05) is 36.4 Å². The Bertz CT molecular complexity index is 2020. The van der Waals surface area contributed by atoms with Crippen molar-refractivity contribution in [2.24, 2.45) is 0 Å². The molecule has 0 heterocycles. The van der Waals surface area contributed by atoms with E-state index in [1.54, 1.807) is 66.7 Å². The summed E-state index contributed by atoms with van der Waals surface area (Å²) in [5.74, 6) is -0.436. The van der Waals surface area contributed by atoms with Gasteiger partial charge < -0.3 is 25.4 Å². The summed E-state index contributed by atoms with van der Waals surface area (Å²) in [6, 6.07) is 35.3. The lowest BCUT2D eigenvalue weighted by molar-refractivity contribution is -0.384. The van der Waals surface area contributed by atoms with E-state index in [-0.39, 0.29) is 17.3 Å². The van der Waals surface area contributed by atoms with Crippen molar-refractivity contribution < 1.29 is 28.8 Å². The Labute approximate surface area is 292 Å². The maximum atomic E-state index is 13.8. The van der Waals surface area contributed by atoms with Crippen LogP contribution in [0.25, 0.3) is 6.08 Å². The minimum Gasteiger partial charge on any atom is -0.497 e. The van der Waals surface area contributed by atoms with Crippen molar-refractivity contribution >= 4 is 52.6 Å². The van der Waals surface area contributed by atoms with Crippen molar-refractivity contribution in [2.75, 3.05) is 24.9 Å². The molecule has 11 nitrogen and oxygen atoms in total. The third-order valence-corrected chi connectivity index (χ3v) is 8.55. The van der Waals surface area contributed by atoms with Crippen LogP contribution in [0, 0.1) is 10.1 Å². The standard InChI is InChI=1S/C38H32N4O7S/c1-48-31-20-21-34(49-2)27(22-31)23-33(41-36(43)26-12-7-4-8-13-26)37(44)40-29-14-9-15-32(24-29)50-35(25-10-5-3-6-11-25)38(45)39-28-16-18-30(19-17-28)42(46)47/h3-24,35H,1-2H3,(H,39,45)(H,40,44)(H,41,43)/b33-23+. The van der Waals surface area contributed by atoms with E-state index in [9.17, 15) is 24.5 Å². The normalized spacial score (nSPS) is 11.5. The molecule has 1 atom stereocenters. The maximum Gasteiger partial charge on any atom is 0.272 e. The predicted octanol–water partition coefficient (Wildman–Crippen LogP) is 7.49. The van der Waals surface area contributed by atoms with Crippen molar-refractivity contribution in [2.45, 2.75) is 10.1 Å². The number of benzene rings is 5. The van der Waals surface area contributed by atoms with E-state index >= 15 is 0 Å². The molecule has 50 heavy (non-hydrogen) atoms. The number of amides is 3. The van der Waals surface area contributed by atoms with Gasteiger partial charge in [0.1, 0.15) is 22.4 Å². The van der Waals surface area contributed by atoms with E-state index in [2.05, 4.69) is 16.0 Å². The zero-order valence-electron chi connectivity index (χ0n) is 27.0. The molecule has 5 aromatic carbocycles. The van der Waals surface area contributed by atoms with Gasteiger partial charge in [0.2, 0.25) is 5.91 Å². The summed E-state index contributed by atoms with van der Waals surface area (Å²) < 4.78 is 10.8. The first kappa shape index (κ1) is 34.9. The first-order valence-corrected chi connectivity index (χ1v) is 16.1. The molecule has 0 saturated carbocycles. The zero-order chi connectivity index (χ0) is 35.5. The lowest BCUT2D eigenvalue weighted by Crippen LogP contribution is -2.30. The molecule has 3 N–H and O–H groups in total. The van der Waals surface area contributed by atoms with Crippen LogP contribution < -0.4 is 25.4 Å². The van der Waals surface area contributed by atoms with E-state index < -0.39 is 22.0 Å². The molecule has 252 valence electrons. The highest BCUT2D eigenvalue weighted by Gasteiger charge is 2.23. The number of non-ortho nitro benzene ring substituents is 1. The summed E-state index contributed by atoms with van der Waals surface area (Å²) >= 11 is 1.26. The van der Waals surface area contributed by atoms with Gasteiger partial charge in [-0.3, -0.25) is 24.5 Å². The Kier molecular flexibility index (Phi) is 11.6. The minimum atomic E-state index is -0.710. The van der Waals surface area contributed by atoms with Gasteiger partial charge in [0.25, 0.3) is 17.5 Å². The summed E-state index contributed by atoms with van der Waals surface area (Å²) in [6.07, 6.45) is 1.50. The van der Waals surface area contributed by atoms with Gasteiger partial charge in [-0.1, -0.05) is 54.6 Å². The van der Waals surface area contributed by atoms with Crippen molar-refractivity contribution in [3.63, 3.8) is 0 Å². The summed E-state index contributed by atoms with van der Waals surface area (Å²) in [5, 5.41) is 18.8. The Morgan fingerprint density at radius 1 is 0.760 bits per heavy atom. The molecule has 5 rings (SSSR count). The second kappa shape index (κ2) is 16.6. The quantitative estimate of drug-likeness (QED) is 0.0499. The van der Waals surface area contributed by atoms with Crippen LogP contribution in [0.15, 0.2) is 138 Å². The molecule has 3 amide bonds. The molecule has 0 aliphatic carbocycles. The molecule has 0 fully saturated rings. The number of hydrogen-bond acceptors (Lipinski definition) is 8. The van der Waals surface area contributed by atoms with Gasteiger partial charge >= 0.3 is 0 Å². The molecule has 0 spiro atoms. The highest BCUT2D eigenvalue weighted by molar-refractivity contribution is 8.00. The van der Waals surface area contributed by atoms with Crippen molar-refractivity contribution in [1.82, 2.24) is 5.32 Å². The van der Waals surface area contributed by atoms with Gasteiger partial charge in [0.15, 0.2) is 0 Å². The lowest BCUT2D eigenvalue weighted by Gasteiger charge is -2.18. The van der Waals surface area contributed by atoms with Crippen LogP contribution in [0.2, 0.25) is 0 Å². The predicted molar refractivity (Wildman–Crippen MR) is 193 cm³/mol. The third kappa shape index (κ3) is 9.14. The molecule has 0 aromatic heterocycles. The monoisotopic (exact) mass is 688 g/mol. The Balaban J connectivity index is 1.40. The number of ether oxygens (including phenoxy) is 2. The molecule has 5 aromatic rings. The van der Waals surface area contributed by atoms with E-state index in [0.29, 0.717) is 38.9 Å². The molecular weight excluding hydrogens is 657 g/mol. The molecule has 0 radical (unpaired) electrons. The van der Waals surface area contributed by atoms with Crippen LogP contribution in [0.1, 0.15) is 26.7 Å². The number of methoxy groups -OCH3 is 2. The number of nitrogens with zero attached hydrogens (tertiary/aromatic N) is 1. The van der Waals surface area contributed by atoms with Crippen molar-refractivity contribution in [3.05, 3.63) is 160 Å². The van der Waals surface area contributed by atoms with Gasteiger partial charge in [0, 0.05) is 39.5 Å². The van der Waals surface area contributed by atoms with Gasteiger partial charge in [-0.25, -0.2) is 0 Å². The molecule has 0 saturated heterocycles. The van der Waals surface area contributed by atoms with Crippen molar-refractivity contribution in [3.8, 4) is 11.5 Å². The Morgan fingerprint density at radius 3 is 2.12 bits per heavy atom. The second-order valence-electron chi connectivity index (χ2n) is 10.7. The topological polar surface area (TPSA) is 149 Å². The first-order chi connectivity index (χ1) is 24.2. The number of nitrogens with one attached hydrogen (secondary N) is 3. The first-order valence-electron chi connectivity index (χ1n) is 15.2. The summed E-state index contributed by atoms with van der Waals surface area (Å²) in [7, 11) is 3.02. The van der Waals surface area contributed by atoms with Gasteiger partial charge in [0.05, 0.1) is 19.1 Å². The van der Waals surface area contributed by atoms with Crippen LogP contribution in [-0.4, -0.2) is 36.9 Å². The van der Waals surface area contributed by atoms with Crippen molar-refractivity contribution in [1.29, 1.82) is 0 Å². The SMILES string of the molecule is COc1ccc(OC)c(/C=C(/NC(=O)c2ccccc2)C(=O)Nc2cccc(SC(C(=O)Nc3ccc([N+](=O)[O-])cc3)c3ccccc3)c2)c1. The third-order valence-electron chi connectivity index (χ3n) is 7.30. The Morgan fingerprint density at radius 2 is 1.46 bits per heavy atom. The van der Waals surface area contributed by atoms with Crippen LogP contribution in [0.5, 0.6) is 11.5 Å².